The lowest BCUT2D eigenvalue weighted by Crippen LogP contribution is -2.30. The van der Waals surface area contributed by atoms with Crippen molar-refractivity contribution in [3.05, 3.63) is 0 Å². The van der Waals surface area contributed by atoms with E-state index in [0.717, 1.165) is 57.8 Å². The molecule has 0 aromatic rings. The number of rotatable bonds is 50. The van der Waals surface area contributed by atoms with Crippen molar-refractivity contribution in [2.75, 3.05) is 13.2 Å². The van der Waals surface area contributed by atoms with Crippen molar-refractivity contribution in [2.45, 2.75) is 316 Å². The fourth-order valence-electron chi connectivity index (χ4n) is 8.27. The normalized spacial score (nSPS) is 11.8. The zero-order chi connectivity index (χ0) is 43.7. The van der Waals surface area contributed by atoms with Gasteiger partial charge in [-0.2, -0.15) is 0 Å². The van der Waals surface area contributed by atoms with E-state index in [1.807, 2.05) is 0 Å². The van der Waals surface area contributed by atoms with Crippen molar-refractivity contribution in [1.82, 2.24) is 0 Å². The third kappa shape index (κ3) is 47.5. The van der Waals surface area contributed by atoms with E-state index in [1.54, 1.807) is 0 Å². The van der Waals surface area contributed by atoms with Gasteiger partial charge in [0.05, 0.1) is 0 Å². The first-order valence-corrected chi connectivity index (χ1v) is 27.0. The number of hydrogen-bond acceptors (Lipinski definition) is 6. The number of hydrogen-bond donors (Lipinski definition) is 0. The van der Waals surface area contributed by atoms with E-state index < -0.39 is 6.10 Å². The molecule has 0 N–H and O–H groups in total. The van der Waals surface area contributed by atoms with E-state index in [4.69, 9.17) is 14.2 Å². The minimum Gasteiger partial charge on any atom is -0.462 e. The largest absolute Gasteiger partial charge is 0.462 e. The van der Waals surface area contributed by atoms with Crippen molar-refractivity contribution in [3.8, 4) is 0 Å². The molecule has 0 aliphatic rings. The average Bonchev–Trinajstić information content (AvgIpc) is 3.24. The monoisotopic (exact) mass is 849 g/mol. The lowest BCUT2D eigenvalue weighted by atomic mass is 10.0. The average molecular weight is 849 g/mol. The Morgan fingerprint density at radius 1 is 0.267 bits per heavy atom. The van der Waals surface area contributed by atoms with Crippen LogP contribution in [0.4, 0.5) is 0 Å². The van der Waals surface area contributed by atoms with Gasteiger partial charge in [-0.1, -0.05) is 271 Å². The number of carbonyl (C=O) groups excluding carboxylic acids is 3. The fourth-order valence-corrected chi connectivity index (χ4v) is 8.27. The molecule has 0 aliphatic carbocycles. The second kappa shape index (κ2) is 50.1. The van der Waals surface area contributed by atoms with E-state index in [9.17, 15) is 14.4 Å². The van der Waals surface area contributed by atoms with Gasteiger partial charge < -0.3 is 14.2 Å². The van der Waals surface area contributed by atoms with E-state index >= 15 is 0 Å². The van der Waals surface area contributed by atoms with Crippen LogP contribution in [0.1, 0.15) is 310 Å². The number of esters is 3. The molecule has 356 valence electrons. The van der Waals surface area contributed by atoms with Crippen LogP contribution in [0.2, 0.25) is 0 Å². The Balaban J connectivity index is 4.19. The first kappa shape index (κ1) is 58.4. The molecule has 0 fully saturated rings. The maximum atomic E-state index is 12.8. The second-order valence-electron chi connectivity index (χ2n) is 18.5. The third-order valence-corrected chi connectivity index (χ3v) is 12.4. The Hall–Kier alpha value is -1.59. The highest BCUT2D eigenvalue weighted by atomic mass is 16.6. The molecule has 6 heteroatoms. The zero-order valence-corrected chi connectivity index (χ0v) is 40.8. The molecule has 0 aromatic heterocycles. The van der Waals surface area contributed by atoms with Gasteiger partial charge in [0.15, 0.2) is 6.10 Å². The lowest BCUT2D eigenvalue weighted by molar-refractivity contribution is -0.167. The van der Waals surface area contributed by atoms with E-state index in [0.29, 0.717) is 19.3 Å². The van der Waals surface area contributed by atoms with Crippen molar-refractivity contribution < 1.29 is 28.6 Å². The highest BCUT2D eigenvalue weighted by Gasteiger charge is 2.19. The topological polar surface area (TPSA) is 78.9 Å². The van der Waals surface area contributed by atoms with Crippen molar-refractivity contribution in [3.63, 3.8) is 0 Å². The highest BCUT2D eigenvalue weighted by molar-refractivity contribution is 5.71. The molecular formula is C54H104O6. The fraction of sp³-hybridized carbons (Fsp3) is 0.944. The summed E-state index contributed by atoms with van der Waals surface area (Å²) in [4.78, 5) is 37.9. The number of unbranched alkanes of at least 4 members (excludes halogenated alkanes) is 39. The summed E-state index contributed by atoms with van der Waals surface area (Å²) < 4.78 is 16.8. The molecule has 0 amide bonds. The third-order valence-electron chi connectivity index (χ3n) is 12.4. The van der Waals surface area contributed by atoms with Gasteiger partial charge in [-0.3, -0.25) is 14.4 Å². The number of ether oxygens (including phenoxy) is 3. The quantitative estimate of drug-likeness (QED) is 0.0345. The Morgan fingerprint density at radius 3 is 0.667 bits per heavy atom. The van der Waals surface area contributed by atoms with E-state index in [-0.39, 0.29) is 31.1 Å². The molecule has 0 rings (SSSR count). The maximum Gasteiger partial charge on any atom is 0.306 e. The maximum absolute atomic E-state index is 12.8. The molecule has 0 aromatic carbocycles. The Morgan fingerprint density at radius 2 is 0.450 bits per heavy atom. The van der Waals surface area contributed by atoms with Crippen molar-refractivity contribution in [1.29, 1.82) is 0 Å². The number of carbonyl (C=O) groups is 3. The summed E-state index contributed by atoms with van der Waals surface area (Å²) in [5.74, 6) is -0.841. The van der Waals surface area contributed by atoms with Gasteiger partial charge in [0.2, 0.25) is 0 Å². The van der Waals surface area contributed by atoms with Crippen LogP contribution in [-0.4, -0.2) is 37.2 Å². The summed E-state index contributed by atoms with van der Waals surface area (Å²) in [6.07, 6.45) is 53.8. The summed E-state index contributed by atoms with van der Waals surface area (Å²) in [6, 6.07) is 0. The molecule has 0 spiro atoms. The van der Waals surface area contributed by atoms with Crippen LogP contribution < -0.4 is 0 Å². The molecule has 0 saturated carbocycles. The molecule has 60 heavy (non-hydrogen) atoms. The van der Waals surface area contributed by atoms with Crippen LogP contribution in [-0.2, 0) is 28.6 Å². The SMILES string of the molecule is CCCCCCCCCCCCCCCCCCCCCCC(=O)OCC(COC(=O)CCCCCCCCCCCCC)OC(=O)CCCCCCCCCCCCC. The summed E-state index contributed by atoms with van der Waals surface area (Å²) in [7, 11) is 0. The van der Waals surface area contributed by atoms with Gasteiger partial charge >= 0.3 is 17.9 Å². The van der Waals surface area contributed by atoms with Crippen molar-refractivity contribution >= 4 is 17.9 Å². The standard InChI is InChI=1S/C54H104O6/c1-4-7-10-13-16-19-22-23-24-25-26-27-28-29-30-33-35-38-41-44-47-53(56)59-50-51(60-54(57)48-45-42-39-36-32-21-18-15-12-9-6-3)49-58-52(55)46-43-40-37-34-31-20-17-14-11-8-5-2/h51H,4-50H2,1-3H3. The Kier molecular flexibility index (Phi) is 48.7. The molecule has 1 unspecified atom stereocenters. The molecule has 1 atom stereocenters. The van der Waals surface area contributed by atoms with Gasteiger partial charge in [-0.15, -0.1) is 0 Å². The highest BCUT2D eigenvalue weighted by Crippen LogP contribution is 2.17. The van der Waals surface area contributed by atoms with Crippen LogP contribution in [0, 0.1) is 0 Å². The van der Waals surface area contributed by atoms with E-state index in [2.05, 4.69) is 20.8 Å². The van der Waals surface area contributed by atoms with Crippen LogP contribution in [0.3, 0.4) is 0 Å². The van der Waals surface area contributed by atoms with Crippen LogP contribution >= 0.6 is 0 Å². The van der Waals surface area contributed by atoms with Gasteiger partial charge in [-0.25, -0.2) is 0 Å². The predicted octanol–water partition coefficient (Wildman–Crippen LogP) is 17.6. The van der Waals surface area contributed by atoms with E-state index in [1.165, 1.54) is 212 Å². The van der Waals surface area contributed by atoms with Crippen LogP contribution in [0.25, 0.3) is 0 Å². The lowest BCUT2D eigenvalue weighted by Gasteiger charge is -2.18. The van der Waals surface area contributed by atoms with Gasteiger partial charge in [0.25, 0.3) is 0 Å². The summed E-state index contributed by atoms with van der Waals surface area (Å²) in [5.41, 5.74) is 0. The van der Waals surface area contributed by atoms with Gasteiger partial charge in [0.1, 0.15) is 13.2 Å². The van der Waals surface area contributed by atoms with Gasteiger partial charge in [-0.05, 0) is 19.3 Å². The molecule has 0 heterocycles. The Labute approximate surface area is 374 Å². The first-order valence-electron chi connectivity index (χ1n) is 27.0. The van der Waals surface area contributed by atoms with Crippen LogP contribution in [0.15, 0.2) is 0 Å². The first-order chi connectivity index (χ1) is 29.5. The van der Waals surface area contributed by atoms with Crippen molar-refractivity contribution in [2.24, 2.45) is 0 Å². The minimum atomic E-state index is -0.759. The molecule has 0 bridgehead atoms. The molecule has 0 saturated heterocycles. The molecule has 6 nitrogen and oxygen atoms in total. The summed E-state index contributed by atoms with van der Waals surface area (Å²) >= 11 is 0. The molecule has 0 aliphatic heterocycles. The Bertz CT molecular complexity index is 889. The minimum absolute atomic E-state index is 0.0618. The second-order valence-corrected chi connectivity index (χ2v) is 18.5. The molecule has 0 radical (unpaired) electrons. The summed E-state index contributed by atoms with van der Waals surface area (Å²) in [5, 5.41) is 0. The molecular weight excluding hydrogens is 745 g/mol. The predicted molar refractivity (Wildman–Crippen MR) is 257 cm³/mol. The zero-order valence-electron chi connectivity index (χ0n) is 40.8. The van der Waals surface area contributed by atoms with Gasteiger partial charge in [0, 0.05) is 19.3 Å². The summed E-state index contributed by atoms with van der Waals surface area (Å²) in [6.45, 7) is 6.67. The van der Waals surface area contributed by atoms with Crippen LogP contribution in [0.5, 0.6) is 0 Å². The smallest absolute Gasteiger partial charge is 0.306 e.